The zero-order valence-corrected chi connectivity index (χ0v) is 15.4. The molecule has 26 heavy (non-hydrogen) atoms. The van der Waals surface area contributed by atoms with Crippen molar-refractivity contribution in [3.8, 4) is 22.8 Å². The predicted molar refractivity (Wildman–Crippen MR) is 101 cm³/mol. The van der Waals surface area contributed by atoms with Crippen LogP contribution in [0.2, 0.25) is 0 Å². The van der Waals surface area contributed by atoms with Gasteiger partial charge < -0.3 is 14.8 Å². The number of nitrogens with zero attached hydrogens (tertiary/aromatic N) is 2. The fourth-order valence-electron chi connectivity index (χ4n) is 2.49. The third-order valence-corrected chi connectivity index (χ3v) is 4.62. The van der Waals surface area contributed by atoms with Gasteiger partial charge in [-0.3, -0.25) is 4.79 Å². The number of nitrogens with one attached hydrogen (secondary N) is 1. The first-order chi connectivity index (χ1) is 12.7. The molecule has 3 rings (SSSR count). The Morgan fingerprint density at radius 2 is 1.85 bits per heavy atom. The van der Waals surface area contributed by atoms with E-state index in [4.69, 9.17) is 9.47 Å². The highest BCUT2D eigenvalue weighted by atomic mass is 32.1. The molecular weight excluding hydrogens is 350 g/mol. The number of carbonyl (C=O) groups is 1. The second-order valence-corrected chi connectivity index (χ2v) is 6.29. The van der Waals surface area contributed by atoms with Gasteiger partial charge in [-0.1, -0.05) is 28.8 Å². The van der Waals surface area contributed by atoms with Gasteiger partial charge in [-0.25, -0.2) is 0 Å². The van der Waals surface area contributed by atoms with Crippen LogP contribution in [0.5, 0.6) is 11.5 Å². The zero-order chi connectivity index (χ0) is 18.4. The third kappa shape index (κ3) is 4.18. The lowest BCUT2D eigenvalue weighted by Gasteiger charge is -2.07. The highest BCUT2D eigenvalue weighted by molar-refractivity contribution is 7.08. The number of amides is 1. The molecule has 0 unspecified atom stereocenters. The minimum absolute atomic E-state index is 0.175. The normalized spacial score (nSPS) is 10.4. The zero-order valence-electron chi connectivity index (χ0n) is 14.6. The summed E-state index contributed by atoms with van der Waals surface area (Å²) in [5, 5.41) is 7.04. The van der Waals surface area contributed by atoms with E-state index in [9.17, 15) is 4.79 Å². The van der Waals surface area contributed by atoms with Gasteiger partial charge in [0.1, 0.15) is 22.1 Å². The van der Waals surface area contributed by atoms with Gasteiger partial charge in [0.05, 0.1) is 14.2 Å². The van der Waals surface area contributed by atoms with Crippen molar-refractivity contribution in [2.75, 3.05) is 20.8 Å². The summed E-state index contributed by atoms with van der Waals surface area (Å²) < 4.78 is 14.3. The Kier molecular flexibility index (Phi) is 5.80. The van der Waals surface area contributed by atoms with Crippen molar-refractivity contribution in [1.82, 2.24) is 14.9 Å². The summed E-state index contributed by atoms with van der Waals surface area (Å²) in [5.74, 6) is 1.35. The summed E-state index contributed by atoms with van der Waals surface area (Å²) in [6, 6.07) is 15.2. The summed E-state index contributed by atoms with van der Waals surface area (Å²) in [4.78, 5) is 13.0. The van der Waals surface area contributed by atoms with E-state index in [1.807, 2.05) is 48.5 Å². The van der Waals surface area contributed by atoms with E-state index in [2.05, 4.69) is 14.9 Å². The molecule has 0 aliphatic heterocycles. The van der Waals surface area contributed by atoms with Gasteiger partial charge in [0, 0.05) is 12.1 Å². The lowest BCUT2D eigenvalue weighted by molar-refractivity contribution is 0.0958. The summed E-state index contributed by atoms with van der Waals surface area (Å²) in [7, 11) is 3.24. The number of benzene rings is 2. The standard InChI is InChI=1S/C19H19N3O3S/c1-24-15-8-6-13(7-9-15)10-11-20-19(23)18-17(21-22-26-18)14-4-3-5-16(12-14)25-2/h3-9,12H,10-11H2,1-2H3,(H,20,23). The number of carbonyl (C=O) groups excluding carboxylic acids is 1. The van der Waals surface area contributed by atoms with Crippen molar-refractivity contribution in [3.05, 3.63) is 59.0 Å². The Morgan fingerprint density at radius 3 is 2.58 bits per heavy atom. The second kappa shape index (κ2) is 8.44. The molecule has 1 amide bonds. The molecule has 0 aliphatic rings. The van der Waals surface area contributed by atoms with E-state index in [0.29, 0.717) is 22.9 Å². The second-order valence-electron chi connectivity index (χ2n) is 5.54. The maximum absolute atomic E-state index is 12.5. The Labute approximate surface area is 155 Å². The predicted octanol–water partition coefficient (Wildman–Crippen LogP) is 3.19. The molecule has 0 fully saturated rings. The van der Waals surface area contributed by atoms with Crippen LogP contribution in [0.25, 0.3) is 11.3 Å². The van der Waals surface area contributed by atoms with E-state index in [0.717, 1.165) is 34.8 Å². The molecule has 1 aromatic heterocycles. The molecule has 0 spiro atoms. The molecule has 1 N–H and O–H groups in total. The van der Waals surface area contributed by atoms with Crippen molar-refractivity contribution in [3.63, 3.8) is 0 Å². The van der Waals surface area contributed by atoms with Crippen LogP contribution in [0.3, 0.4) is 0 Å². The molecule has 0 saturated heterocycles. The molecule has 134 valence electrons. The SMILES string of the molecule is COc1ccc(CCNC(=O)c2snnc2-c2cccc(OC)c2)cc1. The number of methoxy groups -OCH3 is 2. The Balaban J connectivity index is 1.64. The quantitative estimate of drug-likeness (QED) is 0.692. The molecule has 0 aliphatic carbocycles. The maximum Gasteiger partial charge on any atom is 0.265 e. The fourth-order valence-corrected chi connectivity index (χ4v) is 3.10. The minimum atomic E-state index is -0.175. The molecule has 0 bridgehead atoms. The summed E-state index contributed by atoms with van der Waals surface area (Å²) in [6.45, 7) is 0.528. The van der Waals surface area contributed by atoms with Gasteiger partial charge in [0.2, 0.25) is 0 Å². The van der Waals surface area contributed by atoms with Gasteiger partial charge in [-0.05, 0) is 47.8 Å². The van der Waals surface area contributed by atoms with Crippen molar-refractivity contribution < 1.29 is 14.3 Å². The number of aromatic nitrogens is 2. The number of hydrogen-bond acceptors (Lipinski definition) is 6. The van der Waals surface area contributed by atoms with Gasteiger partial charge in [0.15, 0.2) is 0 Å². The lowest BCUT2D eigenvalue weighted by Crippen LogP contribution is -2.25. The van der Waals surface area contributed by atoms with Gasteiger partial charge >= 0.3 is 0 Å². The number of rotatable bonds is 7. The first-order valence-electron chi connectivity index (χ1n) is 8.09. The van der Waals surface area contributed by atoms with E-state index in [1.54, 1.807) is 14.2 Å². The van der Waals surface area contributed by atoms with E-state index in [-0.39, 0.29) is 5.91 Å². The molecule has 2 aromatic carbocycles. The molecule has 0 atom stereocenters. The van der Waals surface area contributed by atoms with Gasteiger partial charge in [-0.2, -0.15) is 0 Å². The highest BCUT2D eigenvalue weighted by Gasteiger charge is 2.17. The Morgan fingerprint density at radius 1 is 1.08 bits per heavy atom. The first-order valence-corrected chi connectivity index (χ1v) is 8.86. The lowest BCUT2D eigenvalue weighted by atomic mass is 10.1. The largest absolute Gasteiger partial charge is 0.497 e. The van der Waals surface area contributed by atoms with Crippen molar-refractivity contribution in [2.45, 2.75) is 6.42 Å². The van der Waals surface area contributed by atoms with Crippen LogP contribution in [0.1, 0.15) is 15.2 Å². The van der Waals surface area contributed by atoms with E-state index >= 15 is 0 Å². The van der Waals surface area contributed by atoms with Crippen LogP contribution < -0.4 is 14.8 Å². The molecule has 0 radical (unpaired) electrons. The topological polar surface area (TPSA) is 73.3 Å². The van der Waals surface area contributed by atoms with Crippen molar-refractivity contribution in [1.29, 1.82) is 0 Å². The van der Waals surface area contributed by atoms with Crippen LogP contribution >= 0.6 is 11.5 Å². The Hall–Kier alpha value is -2.93. The third-order valence-electron chi connectivity index (χ3n) is 3.90. The van der Waals surface area contributed by atoms with Crippen molar-refractivity contribution >= 4 is 17.4 Å². The smallest absolute Gasteiger partial charge is 0.265 e. The molecule has 1 heterocycles. The van der Waals surface area contributed by atoms with Gasteiger partial charge in [-0.15, -0.1) is 5.10 Å². The van der Waals surface area contributed by atoms with Gasteiger partial charge in [0.25, 0.3) is 5.91 Å². The average Bonchev–Trinajstić information content (AvgIpc) is 3.18. The van der Waals surface area contributed by atoms with E-state index < -0.39 is 0 Å². The first kappa shape index (κ1) is 17.9. The van der Waals surface area contributed by atoms with Crippen LogP contribution in [0.4, 0.5) is 0 Å². The summed E-state index contributed by atoms with van der Waals surface area (Å²) in [5.41, 5.74) is 2.50. The number of ether oxygens (including phenoxy) is 2. The van der Waals surface area contributed by atoms with Crippen LogP contribution in [-0.4, -0.2) is 36.3 Å². The molecule has 7 heteroatoms. The van der Waals surface area contributed by atoms with Crippen LogP contribution in [0, 0.1) is 0 Å². The van der Waals surface area contributed by atoms with Crippen LogP contribution in [-0.2, 0) is 6.42 Å². The average molecular weight is 369 g/mol. The monoisotopic (exact) mass is 369 g/mol. The number of hydrogen-bond donors (Lipinski definition) is 1. The molecular formula is C19H19N3O3S. The minimum Gasteiger partial charge on any atom is -0.497 e. The molecule has 3 aromatic rings. The summed E-state index contributed by atoms with van der Waals surface area (Å²) in [6.07, 6.45) is 0.733. The fraction of sp³-hybridized carbons (Fsp3) is 0.211. The maximum atomic E-state index is 12.5. The molecule has 0 saturated carbocycles. The highest BCUT2D eigenvalue weighted by Crippen LogP contribution is 2.26. The van der Waals surface area contributed by atoms with Crippen molar-refractivity contribution in [2.24, 2.45) is 0 Å². The van der Waals surface area contributed by atoms with Crippen LogP contribution in [0.15, 0.2) is 48.5 Å². The van der Waals surface area contributed by atoms with E-state index in [1.165, 1.54) is 0 Å². The summed E-state index contributed by atoms with van der Waals surface area (Å²) >= 11 is 1.09. The Bertz CT molecular complexity index is 878. The molecule has 6 nitrogen and oxygen atoms in total.